The molecule has 1 saturated heterocycles. The molecule has 0 spiro atoms. The highest BCUT2D eigenvalue weighted by Crippen LogP contribution is 2.38. The van der Waals surface area contributed by atoms with Gasteiger partial charge in [0.2, 0.25) is 0 Å². The maximum atomic E-state index is 13.6. The Balaban J connectivity index is 1.54. The Morgan fingerprint density at radius 1 is 1.11 bits per heavy atom. The van der Waals surface area contributed by atoms with Gasteiger partial charge in [0.25, 0.3) is 5.91 Å². The van der Waals surface area contributed by atoms with Gasteiger partial charge in [-0.15, -0.1) is 0 Å². The first-order valence-corrected chi connectivity index (χ1v) is 12.4. The number of nitrogens with zero attached hydrogens (tertiary/aromatic N) is 4. The average Bonchev–Trinajstić information content (AvgIpc) is 3.42. The summed E-state index contributed by atoms with van der Waals surface area (Å²) < 4.78 is 0. The van der Waals surface area contributed by atoms with E-state index in [2.05, 4.69) is 34.5 Å². The number of rotatable bonds is 6. The Labute approximate surface area is 209 Å². The molecule has 3 aromatic carbocycles. The Morgan fingerprint density at radius 3 is 2.71 bits per heavy atom. The van der Waals surface area contributed by atoms with Crippen molar-refractivity contribution in [1.29, 1.82) is 5.26 Å². The van der Waals surface area contributed by atoms with Crippen molar-refractivity contribution in [3.63, 3.8) is 0 Å². The van der Waals surface area contributed by atoms with E-state index >= 15 is 0 Å². The number of thioether (sulfide) groups is 1. The van der Waals surface area contributed by atoms with Crippen molar-refractivity contribution in [2.24, 2.45) is 4.99 Å². The predicted molar refractivity (Wildman–Crippen MR) is 143 cm³/mol. The van der Waals surface area contributed by atoms with Crippen LogP contribution in [0, 0.1) is 11.3 Å². The fourth-order valence-corrected chi connectivity index (χ4v) is 5.24. The van der Waals surface area contributed by atoms with Crippen LogP contribution in [0.15, 0.2) is 88.9 Å². The topological polar surface area (TPSA) is 71.7 Å². The van der Waals surface area contributed by atoms with Crippen molar-refractivity contribution in [2.45, 2.75) is 19.9 Å². The molecule has 0 unspecified atom stereocenters. The molecule has 7 heteroatoms. The van der Waals surface area contributed by atoms with Gasteiger partial charge in [-0.3, -0.25) is 9.69 Å². The van der Waals surface area contributed by atoms with Crippen molar-refractivity contribution in [1.82, 2.24) is 4.90 Å². The molecule has 1 amide bonds. The van der Waals surface area contributed by atoms with Crippen LogP contribution >= 0.6 is 11.8 Å². The standard InChI is InChI=1S/C28H25N5OS/c1-2-30-23-13-12-21(17-29)16-24(23)31-28-33(18-20-8-4-3-5-9-20)27(34)26(35-28)19-32-15-14-22-10-6-7-11-25(22)32/h3-13,16,19,30H,2,14-15,18H2,1H3. The van der Waals surface area contributed by atoms with Crippen molar-refractivity contribution in [3.05, 3.63) is 101 Å². The van der Waals surface area contributed by atoms with E-state index in [4.69, 9.17) is 4.99 Å². The van der Waals surface area contributed by atoms with E-state index in [1.165, 1.54) is 17.3 Å². The summed E-state index contributed by atoms with van der Waals surface area (Å²) >= 11 is 1.38. The first kappa shape index (κ1) is 22.8. The molecule has 0 atom stereocenters. The second-order valence-electron chi connectivity index (χ2n) is 8.31. The first-order chi connectivity index (χ1) is 17.2. The Kier molecular flexibility index (Phi) is 6.55. The summed E-state index contributed by atoms with van der Waals surface area (Å²) in [5.41, 5.74) is 5.46. The van der Waals surface area contributed by atoms with Gasteiger partial charge >= 0.3 is 0 Å². The van der Waals surface area contributed by atoms with Gasteiger partial charge in [0, 0.05) is 25.0 Å². The molecule has 35 heavy (non-hydrogen) atoms. The normalized spacial score (nSPS) is 17.2. The molecule has 1 fully saturated rings. The smallest absolute Gasteiger partial charge is 0.268 e. The number of nitrogens with one attached hydrogen (secondary N) is 1. The van der Waals surface area contributed by atoms with Gasteiger partial charge in [0.15, 0.2) is 5.17 Å². The number of nitriles is 1. The fourth-order valence-electron chi connectivity index (χ4n) is 4.26. The summed E-state index contributed by atoms with van der Waals surface area (Å²) in [4.78, 5) is 23.0. The molecule has 1 N–H and O–H groups in total. The van der Waals surface area contributed by atoms with Crippen LogP contribution in [-0.2, 0) is 17.8 Å². The van der Waals surface area contributed by atoms with E-state index in [-0.39, 0.29) is 5.91 Å². The zero-order valence-electron chi connectivity index (χ0n) is 19.4. The minimum atomic E-state index is -0.0663. The lowest BCUT2D eigenvalue weighted by Gasteiger charge is -2.17. The SMILES string of the molecule is CCNc1ccc(C#N)cc1N=C1SC(=CN2CCc3ccccc32)C(=O)N1Cc1ccccc1. The molecule has 174 valence electrons. The summed E-state index contributed by atoms with van der Waals surface area (Å²) in [6.45, 7) is 4.01. The molecule has 2 aliphatic rings. The lowest BCUT2D eigenvalue weighted by molar-refractivity contribution is -0.122. The van der Waals surface area contributed by atoms with Gasteiger partial charge in [-0.1, -0.05) is 48.5 Å². The van der Waals surface area contributed by atoms with Gasteiger partial charge < -0.3 is 10.2 Å². The molecule has 3 aromatic rings. The van der Waals surface area contributed by atoms with Gasteiger partial charge in [-0.05, 0) is 60.5 Å². The number of aliphatic imine (C=N–C) groups is 1. The number of carbonyl (C=O) groups is 1. The molecular formula is C28H25N5OS. The predicted octanol–water partition coefficient (Wildman–Crippen LogP) is 5.66. The third-order valence-corrected chi connectivity index (χ3v) is 6.97. The average molecular weight is 480 g/mol. The lowest BCUT2D eigenvalue weighted by Crippen LogP contribution is -2.29. The maximum absolute atomic E-state index is 13.6. The first-order valence-electron chi connectivity index (χ1n) is 11.6. The minimum absolute atomic E-state index is 0.0663. The third kappa shape index (κ3) is 4.79. The number of anilines is 2. The number of hydrogen-bond acceptors (Lipinski definition) is 6. The van der Waals surface area contributed by atoms with E-state index < -0.39 is 0 Å². The minimum Gasteiger partial charge on any atom is -0.384 e. The molecule has 2 aliphatic heterocycles. The molecule has 0 aromatic heterocycles. The highest BCUT2D eigenvalue weighted by molar-refractivity contribution is 8.18. The van der Waals surface area contributed by atoms with Crippen molar-refractivity contribution >= 4 is 39.9 Å². The van der Waals surface area contributed by atoms with Crippen molar-refractivity contribution < 1.29 is 4.79 Å². The zero-order chi connectivity index (χ0) is 24.2. The Hall–Kier alpha value is -4.02. The summed E-state index contributed by atoms with van der Waals surface area (Å²) in [6, 6.07) is 25.8. The zero-order valence-corrected chi connectivity index (χ0v) is 20.3. The summed E-state index contributed by atoms with van der Waals surface area (Å²) in [7, 11) is 0. The van der Waals surface area contributed by atoms with Crippen LogP contribution in [0.3, 0.4) is 0 Å². The van der Waals surface area contributed by atoms with Gasteiger partial charge in [-0.25, -0.2) is 4.99 Å². The van der Waals surface area contributed by atoms with E-state index in [0.717, 1.165) is 36.4 Å². The molecule has 0 radical (unpaired) electrons. The summed E-state index contributed by atoms with van der Waals surface area (Å²) in [6.07, 6.45) is 2.91. The number of amides is 1. The van der Waals surface area contributed by atoms with E-state index in [9.17, 15) is 10.1 Å². The number of para-hydroxylation sites is 1. The van der Waals surface area contributed by atoms with Crippen LogP contribution in [0.4, 0.5) is 17.1 Å². The molecule has 0 aliphatic carbocycles. The van der Waals surface area contributed by atoms with Crippen LogP contribution in [0.5, 0.6) is 0 Å². The van der Waals surface area contributed by atoms with Crippen molar-refractivity contribution in [2.75, 3.05) is 23.3 Å². The Morgan fingerprint density at radius 2 is 1.91 bits per heavy atom. The number of hydrogen-bond donors (Lipinski definition) is 1. The van der Waals surface area contributed by atoms with Crippen LogP contribution in [-0.4, -0.2) is 29.1 Å². The molecule has 6 nitrogen and oxygen atoms in total. The van der Waals surface area contributed by atoms with Gasteiger partial charge in [-0.2, -0.15) is 5.26 Å². The van der Waals surface area contributed by atoms with Crippen LogP contribution in [0.1, 0.15) is 23.6 Å². The van der Waals surface area contributed by atoms with Crippen LogP contribution in [0.2, 0.25) is 0 Å². The molecule has 2 heterocycles. The van der Waals surface area contributed by atoms with E-state index in [0.29, 0.717) is 27.9 Å². The maximum Gasteiger partial charge on any atom is 0.268 e. The molecular weight excluding hydrogens is 454 g/mol. The van der Waals surface area contributed by atoms with Crippen LogP contribution < -0.4 is 10.2 Å². The Bertz CT molecular complexity index is 1360. The lowest BCUT2D eigenvalue weighted by atomic mass is 10.2. The van der Waals surface area contributed by atoms with Gasteiger partial charge in [0.05, 0.1) is 34.5 Å². The quantitative estimate of drug-likeness (QED) is 0.462. The number of carbonyl (C=O) groups excluding carboxylic acids is 1. The second-order valence-corrected chi connectivity index (χ2v) is 9.32. The summed E-state index contributed by atoms with van der Waals surface area (Å²) in [5, 5.41) is 13.3. The second kappa shape index (κ2) is 10.1. The van der Waals surface area contributed by atoms with Crippen LogP contribution in [0.25, 0.3) is 0 Å². The van der Waals surface area contributed by atoms with E-state index in [1.54, 1.807) is 17.0 Å². The highest BCUT2D eigenvalue weighted by Gasteiger charge is 2.35. The molecule has 5 rings (SSSR count). The molecule has 0 saturated carbocycles. The summed E-state index contributed by atoms with van der Waals surface area (Å²) in [5.74, 6) is -0.0663. The van der Waals surface area contributed by atoms with Gasteiger partial charge in [0.1, 0.15) is 0 Å². The van der Waals surface area contributed by atoms with E-state index in [1.807, 2.05) is 55.6 Å². The van der Waals surface area contributed by atoms with Crippen molar-refractivity contribution in [3.8, 4) is 6.07 Å². The molecule has 0 bridgehead atoms. The number of amidine groups is 1. The third-order valence-electron chi connectivity index (χ3n) is 5.98. The number of fused-ring (bicyclic) bond motifs is 1. The fraction of sp³-hybridized carbons (Fsp3) is 0.179. The monoisotopic (exact) mass is 479 g/mol. The number of benzene rings is 3. The largest absolute Gasteiger partial charge is 0.384 e. The highest BCUT2D eigenvalue weighted by atomic mass is 32.2.